The van der Waals surface area contributed by atoms with Crippen LogP contribution in [0.2, 0.25) is 0 Å². The molecule has 1 N–H and O–H groups in total. The van der Waals surface area contributed by atoms with Crippen LogP contribution in [0.1, 0.15) is 25.3 Å². The fraction of sp³-hybridized carbons (Fsp3) is 0.273. The van der Waals surface area contributed by atoms with Crippen LogP contribution in [0.25, 0.3) is 10.9 Å². The average Bonchev–Trinajstić information content (AvgIpc) is 2.71. The van der Waals surface area contributed by atoms with Crippen LogP contribution >= 0.6 is 0 Å². The predicted octanol–water partition coefficient (Wildman–Crippen LogP) is 3.83. The number of hydrogen-bond acceptors (Lipinski definition) is 5. The summed E-state index contributed by atoms with van der Waals surface area (Å²) in [7, 11) is 0. The van der Waals surface area contributed by atoms with E-state index < -0.39 is 0 Å². The highest BCUT2D eigenvalue weighted by atomic mass is 16.5. The van der Waals surface area contributed by atoms with Gasteiger partial charge in [0, 0.05) is 11.9 Å². The van der Waals surface area contributed by atoms with Gasteiger partial charge in [0.25, 0.3) is 5.56 Å². The van der Waals surface area contributed by atoms with Gasteiger partial charge in [-0.15, -0.1) is 0 Å². The molecule has 0 saturated heterocycles. The van der Waals surface area contributed by atoms with Gasteiger partial charge in [0.1, 0.15) is 18.1 Å². The van der Waals surface area contributed by atoms with Crippen LogP contribution in [0, 0.1) is 0 Å². The molecule has 3 aromatic rings. The second kappa shape index (κ2) is 9.60. The number of H-pyrrole nitrogens is 1. The third kappa shape index (κ3) is 5.36. The monoisotopic (exact) mass is 381 g/mol. The van der Waals surface area contributed by atoms with Gasteiger partial charge < -0.3 is 19.2 Å². The van der Waals surface area contributed by atoms with Gasteiger partial charge in [-0.2, -0.15) is 0 Å². The summed E-state index contributed by atoms with van der Waals surface area (Å²) in [5.41, 5.74) is 1.22. The van der Waals surface area contributed by atoms with Crippen molar-refractivity contribution in [1.82, 2.24) is 4.98 Å². The molecule has 0 saturated carbocycles. The Labute approximate surface area is 163 Å². The van der Waals surface area contributed by atoms with Gasteiger partial charge in [-0.3, -0.25) is 9.59 Å². The molecule has 0 aliphatic heterocycles. The zero-order valence-electron chi connectivity index (χ0n) is 15.8. The zero-order valence-corrected chi connectivity index (χ0v) is 15.8. The van der Waals surface area contributed by atoms with E-state index in [4.69, 9.17) is 14.2 Å². The average molecular weight is 381 g/mol. The number of carbonyl (C=O) groups is 1. The molecular weight excluding hydrogens is 358 g/mol. The first-order chi connectivity index (χ1) is 13.7. The molecule has 1 aromatic heterocycles. The van der Waals surface area contributed by atoms with Crippen LogP contribution in [0.15, 0.2) is 59.4 Å². The summed E-state index contributed by atoms with van der Waals surface area (Å²) in [6.07, 6.45) is 0.942. The Kier molecular flexibility index (Phi) is 6.68. The molecule has 3 rings (SSSR count). The lowest BCUT2D eigenvalue weighted by Gasteiger charge is -2.09. The lowest BCUT2D eigenvalue weighted by atomic mass is 10.1. The molecule has 6 heteroatoms. The smallest absolute Gasteiger partial charge is 0.305 e. The van der Waals surface area contributed by atoms with Crippen LogP contribution < -0.4 is 15.0 Å². The summed E-state index contributed by atoms with van der Waals surface area (Å²) in [6, 6.07) is 16.6. The summed E-state index contributed by atoms with van der Waals surface area (Å²) < 4.78 is 16.2. The number of fused-ring (bicyclic) bond motifs is 1. The summed E-state index contributed by atoms with van der Waals surface area (Å²) >= 11 is 0. The Hall–Kier alpha value is -3.28. The molecular formula is C22H23NO5. The zero-order chi connectivity index (χ0) is 19.8. The van der Waals surface area contributed by atoms with Gasteiger partial charge in [-0.1, -0.05) is 18.2 Å². The fourth-order valence-electron chi connectivity index (χ4n) is 2.73. The second-order valence-electron chi connectivity index (χ2n) is 6.23. The van der Waals surface area contributed by atoms with E-state index >= 15 is 0 Å². The first-order valence-corrected chi connectivity index (χ1v) is 9.28. The Morgan fingerprint density at radius 1 is 1.00 bits per heavy atom. The third-order valence-corrected chi connectivity index (χ3v) is 4.15. The van der Waals surface area contributed by atoms with Crippen molar-refractivity contribution >= 4 is 16.9 Å². The largest absolute Gasteiger partial charge is 0.494 e. The van der Waals surface area contributed by atoms with E-state index in [1.54, 1.807) is 31.2 Å². The molecule has 0 radical (unpaired) electrons. The molecule has 0 atom stereocenters. The molecule has 0 spiro atoms. The summed E-state index contributed by atoms with van der Waals surface area (Å²) in [6.45, 7) is 2.80. The van der Waals surface area contributed by atoms with Crippen molar-refractivity contribution in [2.24, 2.45) is 0 Å². The van der Waals surface area contributed by atoms with E-state index in [1.165, 1.54) is 0 Å². The summed E-state index contributed by atoms with van der Waals surface area (Å²) in [5, 5.41) is 0.965. The predicted molar refractivity (Wildman–Crippen MR) is 107 cm³/mol. The van der Waals surface area contributed by atoms with Crippen LogP contribution in [0.3, 0.4) is 0 Å². The molecule has 2 aromatic carbocycles. The van der Waals surface area contributed by atoms with Crippen LogP contribution in [0.4, 0.5) is 0 Å². The Morgan fingerprint density at radius 2 is 1.71 bits per heavy atom. The quantitative estimate of drug-likeness (QED) is 0.450. The third-order valence-electron chi connectivity index (χ3n) is 4.15. The van der Waals surface area contributed by atoms with E-state index in [0.717, 1.165) is 10.9 Å². The Balaban J connectivity index is 1.50. The number of nitrogens with one attached hydrogen (secondary N) is 1. The van der Waals surface area contributed by atoms with Crippen LogP contribution in [-0.4, -0.2) is 24.2 Å². The molecule has 6 nitrogen and oxygen atoms in total. The standard InChI is InChI=1S/C22H23NO5/c1-2-26-21(24)8-5-13-27-18-9-11-19(12-10-18)28-15-17-14-16-6-3-4-7-20(16)23-22(17)25/h3-4,6-7,9-12,14H,2,5,8,13,15H2,1H3,(H,23,25). The van der Waals surface area contributed by atoms with Gasteiger partial charge in [0.2, 0.25) is 0 Å². The molecule has 0 unspecified atom stereocenters. The first-order valence-electron chi connectivity index (χ1n) is 9.28. The molecule has 0 bridgehead atoms. The maximum Gasteiger partial charge on any atom is 0.305 e. The van der Waals surface area contributed by atoms with Gasteiger partial charge in [-0.25, -0.2) is 0 Å². The minimum absolute atomic E-state index is 0.153. The highest BCUT2D eigenvalue weighted by Crippen LogP contribution is 2.19. The van der Waals surface area contributed by atoms with Crippen molar-refractivity contribution in [3.05, 3.63) is 70.5 Å². The topological polar surface area (TPSA) is 77.6 Å². The SMILES string of the molecule is CCOC(=O)CCCOc1ccc(OCc2cc3ccccc3[nH]c2=O)cc1. The number of benzene rings is 2. The van der Waals surface area contributed by atoms with E-state index in [0.29, 0.717) is 43.1 Å². The number of rotatable bonds is 9. The van der Waals surface area contributed by atoms with E-state index in [-0.39, 0.29) is 18.1 Å². The fourth-order valence-corrected chi connectivity index (χ4v) is 2.73. The number of pyridine rings is 1. The van der Waals surface area contributed by atoms with Gasteiger partial charge in [0.05, 0.1) is 18.8 Å². The number of carbonyl (C=O) groups excluding carboxylic acids is 1. The normalized spacial score (nSPS) is 10.6. The maximum atomic E-state index is 12.2. The number of aromatic nitrogens is 1. The Morgan fingerprint density at radius 3 is 2.46 bits per heavy atom. The van der Waals surface area contributed by atoms with Crippen LogP contribution in [-0.2, 0) is 16.1 Å². The number of ether oxygens (including phenoxy) is 3. The minimum Gasteiger partial charge on any atom is -0.494 e. The lowest BCUT2D eigenvalue weighted by Crippen LogP contribution is -2.14. The van der Waals surface area contributed by atoms with Crippen molar-refractivity contribution < 1.29 is 19.0 Å². The van der Waals surface area contributed by atoms with Crippen molar-refractivity contribution in [2.45, 2.75) is 26.4 Å². The van der Waals surface area contributed by atoms with Crippen molar-refractivity contribution in [3.8, 4) is 11.5 Å². The molecule has 0 aliphatic carbocycles. The summed E-state index contributed by atoms with van der Waals surface area (Å²) in [4.78, 5) is 26.3. The van der Waals surface area contributed by atoms with E-state index in [2.05, 4.69) is 4.98 Å². The van der Waals surface area contributed by atoms with Gasteiger partial charge in [0.15, 0.2) is 0 Å². The van der Waals surface area contributed by atoms with Crippen molar-refractivity contribution in [1.29, 1.82) is 0 Å². The van der Waals surface area contributed by atoms with Crippen molar-refractivity contribution in [3.63, 3.8) is 0 Å². The van der Waals surface area contributed by atoms with E-state index in [9.17, 15) is 9.59 Å². The van der Waals surface area contributed by atoms with Crippen molar-refractivity contribution in [2.75, 3.05) is 13.2 Å². The molecule has 1 heterocycles. The minimum atomic E-state index is -0.210. The number of aromatic amines is 1. The molecule has 0 amide bonds. The number of para-hydroxylation sites is 1. The highest BCUT2D eigenvalue weighted by Gasteiger charge is 2.05. The first kappa shape index (κ1) is 19.5. The van der Waals surface area contributed by atoms with Gasteiger partial charge >= 0.3 is 5.97 Å². The van der Waals surface area contributed by atoms with Crippen LogP contribution in [0.5, 0.6) is 11.5 Å². The lowest BCUT2D eigenvalue weighted by molar-refractivity contribution is -0.143. The molecule has 28 heavy (non-hydrogen) atoms. The Bertz CT molecular complexity index is 978. The van der Waals surface area contributed by atoms with E-state index in [1.807, 2.05) is 30.3 Å². The second-order valence-corrected chi connectivity index (χ2v) is 6.23. The number of hydrogen-bond donors (Lipinski definition) is 1. The summed E-state index contributed by atoms with van der Waals surface area (Å²) in [5.74, 6) is 1.13. The molecule has 146 valence electrons. The molecule has 0 fully saturated rings. The molecule has 0 aliphatic rings. The number of esters is 1. The highest BCUT2D eigenvalue weighted by molar-refractivity contribution is 5.78. The van der Waals surface area contributed by atoms with Gasteiger partial charge in [-0.05, 0) is 55.1 Å². The maximum absolute atomic E-state index is 12.2.